The number of aromatic nitrogens is 2. The first-order valence-electron chi connectivity index (χ1n) is 17.8. The van der Waals surface area contributed by atoms with E-state index >= 15 is 0 Å². The molecule has 1 heterocycles. The summed E-state index contributed by atoms with van der Waals surface area (Å²) >= 11 is 0. The van der Waals surface area contributed by atoms with Crippen molar-refractivity contribution < 1.29 is 4.57 Å². The van der Waals surface area contributed by atoms with E-state index < -0.39 is 0 Å². The molecule has 0 spiro atoms. The van der Waals surface area contributed by atoms with Gasteiger partial charge < -0.3 is 0 Å². The van der Waals surface area contributed by atoms with Gasteiger partial charge in [-0.1, -0.05) is 171 Å². The number of unbranched alkanes of at least 4 members (excludes halogenated alkanes) is 15. The molecular weight excluding hydrogens is 508 g/mol. The van der Waals surface area contributed by atoms with Gasteiger partial charge in [0.15, 0.2) is 0 Å². The summed E-state index contributed by atoms with van der Waals surface area (Å²) < 4.78 is 5.03. The molecule has 0 bridgehead atoms. The molecule has 2 nitrogen and oxygen atoms in total. The second-order valence-electron chi connectivity index (χ2n) is 13.2. The summed E-state index contributed by atoms with van der Waals surface area (Å²) in [5.41, 5.74) is 2.90. The van der Waals surface area contributed by atoms with E-state index in [4.69, 9.17) is 0 Å². The fraction of sp³-hybridized carbons (Fsp3) is 0.625. The second kappa shape index (κ2) is 20.5. The maximum absolute atomic E-state index is 2.57. The van der Waals surface area contributed by atoms with Gasteiger partial charge in [-0.25, -0.2) is 9.13 Å². The molecule has 0 radical (unpaired) electrons. The number of aryl methyl sites for hydroxylation is 1. The first kappa shape index (κ1) is 34.1. The maximum Gasteiger partial charge on any atom is 0.244 e. The standard InChI is InChI=1S/C40H63N2/c1-4-6-8-10-12-14-16-18-26-32-41-33-34-42(36-41)39(31-25-17-15-13-11-9-7-5-2)40(3,38-29-23-20-24-30-38)35-37-27-21-19-22-28-37/h19-24,27-30,33-34,36,39H,4-18,25-26,31-32,35H2,1-3H3/q+1. The van der Waals surface area contributed by atoms with Crippen LogP contribution < -0.4 is 4.57 Å². The topological polar surface area (TPSA) is 8.81 Å². The van der Waals surface area contributed by atoms with Crippen molar-refractivity contribution in [2.45, 2.75) is 161 Å². The van der Waals surface area contributed by atoms with Gasteiger partial charge in [0.25, 0.3) is 0 Å². The first-order chi connectivity index (χ1) is 20.7. The monoisotopic (exact) mass is 571 g/mol. The van der Waals surface area contributed by atoms with Crippen molar-refractivity contribution in [3.05, 3.63) is 90.5 Å². The van der Waals surface area contributed by atoms with Crippen molar-refractivity contribution in [2.75, 3.05) is 0 Å². The third kappa shape index (κ3) is 12.1. The van der Waals surface area contributed by atoms with Crippen molar-refractivity contribution in [3.63, 3.8) is 0 Å². The minimum absolute atomic E-state index is 0.0123. The lowest BCUT2D eigenvalue weighted by atomic mass is 9.70. The van der Waals surface area contributed by atoms with Gasteiger partial charge in [-0.15, -0.1) is 0 Å². The van der Waals surface area contributed by atoms with Gasteiger partial charge in [-0.05, 0) is 43.2 Å². The van der Waals surface area contributed by atoms with Crippen LogP contribution >= 0.6 is 0 Å². The van der Waals surface area contributed by atoms with Crippen LogP contribution in [0.5, 0.6) is 0 Å². The first-order valence-corrected chi connectivity index (χ1v) is 17.8. The molecule has 0 saturated carbocycles. The Kier molecular flexibility index (Phi) is 16.7. The summed E-state index contributed by atoms with van der Waals surface area (Å²) in [7, 11) is 0. The molecule has 2 aromatic carbocycles. The average molecular weight is 572 g/mol. The van der Waals surface area contributed by atoms with Crippen LogP contribution in [-0.2, 0) is 18.4 Å². The smallest absolute Gasteiger partial charge is 0.237 e. The second-order valence-corrected chi connectivity index (χ2v) is 13.2. The Morgan fingerprint density at radius 2 is 1.12 bits per heavy atom. The molecule has 1 aromatic heterocycles. The average Bonchev–Trinajstić information content (AvgIpc) is 3.48. The van der Waals surface area contributed by atoms with Crippen LogP contribution in [0.15, 0.2) is 79.4 Å². The van der Waals surface area contributed by atoms with Gasteiger partial charge in [0.1, 0.15) is 18.4 Å². The predicted octanol–water partition coefficient (Wildman–Crippen LogP) is 11.6. The number of benzene rings is 2. The predicted molar refractivity (Wildman–Crippen MR) is 182 cm³/mol. The third-order valence-electron chi connectivity index (χ3n) is 9.51. The molecule has 3 aromatic rings. The van der Waals surface area contributed by atoms with Crippen LogP contribution in [0.3, 0.4) is 0 Å². The third-order valence-corrected chi connectivity index (χ3v) is 9.51. The van der Waals surface area contributed by atoms with Gasteiger partial charge in [0.05, 0.1) is 6.54 Å². The lowest BCUT2D eigenvalue weighted by molar-refractivity contribution is -0.697. The zero-order chi connectivity index (χ0) is 29.7. The van der Waals surface area contributed by atoms with E-state index in [1.165, 1.54) is 127 Å². The molecule has 0 saturated heterocycles. The maximum atomic E-state index is 2.57. The summed E-state index contributed by atoms with van der Waals surface area (Å²) in [5.74, 6) is 0. The molecular formula is C40H63N2+. The highest BCUT2D eigenvalue weighted by molar-refractivity contribution is 5.30. The van der Waals surface area contributed by atoms with Crippen molar-refractivity contribution in [1.82, 2.24) is 4.57 Å². The lowest BCUT2D eigenvalue weighted by Gasteiger charge is -2.37. The van der Waals surface area contributed by atoms with Crippen molar-refractivity contribution in [2.24, 2.45) is 0 Å². The van der Waals surface area contributed by atoms with E-state index in [0.29, 0.717) is 6.04 Å². The molecule has 2 heteroatoms. The molecule has 2 unspecified atom stereocenters. The molecule has 0 N–H and O–H groups in total. The SMILES string of the molecule is CCCCCCCCCCC[n+]1ccn(C(CCCCCCCCCC)C(C)(Cc2ccccc2)c2ccccc2)c1. The Labute approximate surface area is 260 Å². The number of hydrogen-bond acceptors (Lipinski definition) is 0. The highest BCUT2D eigenvalue weighted by atomic mass is 15.1. The Balaban J connectivity index is 1.67. The fourth-order valence-corrected chi connectivity index (χ4v) is 6.85. The van der Waals surface area contributed by atoms with E-state index in [-0.39, 0.29) is 5.41 Å². The van der Waals surface area contributed by atoms with E-state index in [2.05, 4.69) is 109 Å². The molecule has 0 aliphatic heterocycles. The molecule has 42 heavy (non-hydrogen) atoms. The summed E-state index contributed by atoms with van der Waals surface area (Å²) in [6.07, 6.45) is 32.8. The van der Waals surface area contributed by atoms with Gasteiger partial charge in [-0.2, -0.15) is 0 Å². The minimum Gasteiger partial charge on any atom is -0.237 e. The molecule has 2 atom stereocenters. The Morgan fingerprint density at radius 1 is 0.619 bits per heavy atom. The minimum atomic E-state index is 0.0123. The molecule has 232 valence electrons. The van der Waals surface area contributed by atoms with Gasteiger partial charge in [0, 0.05) is 5.41 Å². The van der Waals surface area contributed by atoms with Gasteiger partial charge in [-0.3, -0.25) is 0 Å². The van der Waals surface area contributed by atoms with E-state index in [0.717, 1.165) is 13.0 Å². The Morgan fingerprint density at radius 3 is 1.69 bits per heavy atom. The Hall–Kier alpha value is -2.35. The number of imidazole rings is 1. The van der Waals surface area contributed by atoms with Crippen LogP contribution in [0.2, 0.25) is 0 Å². The van der Waals surface area contributed by atoms with Crippen molar-refractivity contribution >= 4 is 0 Å². The summed E-state index contributed by atoms with van der Waals surface area (Å²) in [5, 5.41) is 0. The largest absolute Gasteiger partial charge is 0.244 e. The highest BCUT2D eigenvalue weighted by Gasteiger charge is 2.40. The summed E-state index contributed by atoms with van der Waals surface area (Å²) in [6, 6.07) is 22.9. The number of nitrogens with zero attached hydrogens (tertiary/aromatic N) is 2. The summed E-state index contributed by atoms with van der Waals surface area (Å²) in [4.78, 5) is 0. The van der Waals surface area contributed by atoms with Crippen LogP contribution in [0.4, 0.5) is 0 Å². The van der Waals surface area contributed by atoms with E-state index in [1.807, 2.05) is 0 Å². The Bertz CT molecular complexity index is 1040. The zero-order valence-electron chi connectivity index (χ0n) is 27.6. The van der Waals surface area contributed by atoms with Crippen LogP contribution in [0.1, 0.15) is 154 Å². The van der Waals surface area contributed by atoms with E-state index in [1.54, 1.807) is 0 Å². The molecule has 0 aliphatic rings. The number of rotatable bonds is 24. The van der Waals surface area contributed by atoms with Crippen LogP contribution in [0, 0.1) is 0 Å². The highest BCUT2D eigenvalue weighted by Crippen LogP contribution is 2.41. The van der Waals surface area contributed by atoms with E-state index in [9.17, 15) is 0 Å². The molecule has 0 aliphatic carbocycles. The van der Waals surface area contributed by atoms with Crippen molar-refractivity contribution in [3.8, 4) is 0 Å². The normalized spacial score (nSPS) is 13.7. The van der Waals surface area contributed by atoms with Gasteiger partial charge in [0.2, 0.25) is 6.33 Å². The van der Waals surface area contributed by atoms with Crippen molar-refractivity contribution in [1.29, 1.82) is 0 Å². The molecule has 3 rings (SSSR count). The number of hydrogen-bond donors (Lipinski definition) is 0. The molecule has 0 amide bonds. The zero-order valence-corrected chi connectivity index (χ0v) is 27.6. The molecule has 0 fully saturated rings. The lowest BCUT2D eigenvalue weighted by Crippen LogP contribution is -2.38. The summed E-state index contributed by atoms with van der Waals surface area (Å²) in [6.45, 7) is 8.26. The van der Waals surface area contributed by atoms with Crippen LogP contribution in [-0.4, -0.2) is 4.57 Å². The quantitative estimate of drug-likeness (QED) is 0.0747. The van der Waals surface area contributed by atoms with Gasteiger partial charge >= 0.3 is 0 Å². The fourth-order valence-electron chi connectivity index (χ4n) is 6.85. The van der Waals surface area contributed by atoms with Crippen LogP contribution in [0.25, 0.3) is 0 Å².